The first kappa shape index (κ1) is 22.8. The van der Waals surface area contributed by atoms with Crippen LogP contribution in [0, 0.1) is 0 Å². The van der Waals surface area contributed by atoms with Crippen LogP contribution in [0.1, 0.15) is 12.5 Å². The van der Waals surface area contributed by atoms with Gasteiger partial charge in [-0.3, -0.25) is 14.8 Å². The van der Waals surface area contributed by atoms with Gasteiger partial charge in [0.05, 0.1) is 23.7 Å². The average Bonchev–Trinajstić information content (AvgIpc) is 2.93. The van der Waals surface area contributed by atoms with Gasteiger partial charge in [-0.15, -0.1) is 0 Å². The van der Waals surface area contributed by atoms with Crippen LogP contribution in [-0.4, -0.2) is 65.5 Å². The van der Waals surface area contributed by atoms with Crippen LogP contribution in [0.15, 0.2) is 73.2 Å². The number of likely N-dealkylation sites (N-methyl/N-ethyl adjacent to an activating group) is 1. The molecule has 1 saturated heterocycles. The van der Waals surface area contributed by atoms with Crippen LogP contribution in [0.25, 0.3) is 22.2 Å². The van der Waals surface area contributed by atoms with Gasteiger partial charge < -0.3 is 14.7 Å². The molecular formula is C28H30N6O. The minimum absolute atomic E-state index is 0.135. The number of hydrogen-bond acceptors (Lipinski definition) is 6. The van der Waals surface area contributed by atoms with E-state index in [4.69, 9.17) is 4.98 Å². The number of carbonyl (C=O) groups excluding carboxylic acids is 1. The molecule has 0 bridgehead atoms. The molecule has 5 rings (SSSR count). The van der Waals surface area contributed by atoms with Crippen molar-refractivity contribution in [3.8, 4) is 11.1 Å². The summed E-state index contributed by atoms with van der Waals surface area (Å²) in [5, 5.41) is 0. The van der Waals surface area contributed by atoms with Crippen LogP contribution >= 0.6 is 0 Å². The Balaban J connectivity index is 1.30. The summed E-state index contributed by atoms with van der Waals surface area (Å²) in [5.74, 6) is 1.05. The Hall–Kier alpha value is -4.00. The van der Waals surface area contributed by atoms with Crippen molar-refractivity contribution < 1.29 is 4.79 Å². The number of rotatable bonds is 6. The Bertz CT molecular complexity index is 1300. The molecule has 4 aromatic rings. The maximum atomic E-state index is 12.2. The second-order valence-corrected chi connectivity index (χ2v) is 8.89. The summed E-state index contributed by atoms with van der Waals surface area (Å²) in [4.78, 5) is 32.4. The maximum Gasteiger partial charge on any atom is 0.226 e. The van der Waals surface area contributed by atoms with Crippen molar-refractivity contribution in [1.29, 1.82) is 0 Å². The van der Waals surface area contributed by atoms with Crippen molar-refractivity contribution in [3.63, 3.8) is 0 Å². The third-order valence-corrected chi connectivity index (χ3v) is 6.70. The Labute approximate surface area is 206 Å². The van der Waals surface area contributed by atoms with Gasteiger partial charge in [-0.05, 0) is 47.9 Å². The zero-order chi connectivity index (χ0) is 24.2. The summed E-state index contributed by atoms with van der Waals surface area (Å²) < 4.78 is 0. The minimum Gasteiger partial charge on any atom is -0.368 e. The van der Waals surface area contributed by atoms with Gasteiger partial charge in [0.25, 0.3) is 0 Å². The molecule has 178 valence electrons. The highest BCUT2D eigenvalue weighted by Gasteiger charge is 2.19. The molecule has 0 radical (unpaired) electrons. The Morgan fingerprint density at radius 2 is 1.57 bits per heavy atom. The molecule has 1 aliphatic rings. The zero-order valence-electron chi connectivity index (χ0n) is 20.3. The number of carbonyl (C=O) groups is 1. The van der Waals surface area contributed by atoms with Gasteiger partial charge in [0.1, 0.15) is 5.82 Å². The Morgan fingerprint density at radius 1 is 0.886 bits per heavy atom. The van der Waals surface area contributed by atoms with Gasteiger partial charge in [0.15, 0.2) is 0 Å². The molecule has 1 aliphatic heterocycles. The maximum absolute atomic E-state index is 12.2. The molecule has 0 spiro atoms. The number of aromatic nitrogens is 3. The quantitative estimate of drug-likeness (QED) is 0.427. The smallest absolute Gasteiger partial charge is 0.226 e. The zero-order valence-corrected chi connectivity index (χ0v) is 20.3. The second kappa shape index (κ2) is 10.1. The fraction of sp³-hybridized carbons (Fsp3) is 0.286. The number of anilines is 2. The number of hydrogen-bond donors (Lipinski definition) is 0. The number of amides is 1. The van der Waals surface area contributed by atoms with Gasteiger partial charge >= 0.3 is 0 Å². The largest absolute Gasteiger partial charge is 0.368 e. The Morgan fingerprint density at radius 3 is 2.29 bits per heavy atom. The van der Waals surface area contributed by atoms with Crippen LogP contribution in [0.4, 0.5) is 11.5 Å². The predicted octanol–water partition coefficient (Wildman–Crippen LogP) is 4.04. The fourth-order valence-corrected chi connectivity index (χ4v) is 4.38. The molecule has 7 nitrogen and oxygen atoms in total. The standard InChI is InChI=1S/C28H30N6O/c1-3-32(2)28(35)18-21-4-6-22(7-5-21)23-8-9-25-26(19-23)31-27(20-30-25)34-16-14-33(15-17-34)24-10-12-29-13-11-24/h4-13,19-20H,3,14-18H2,1-2H3. The van der Waals surface area contributed by atoms with Crippen LogP contribution in [0.5, 0.6) is 0 Å². The van der Waals surface area contributed by atoms with E-state index in [1.165, 1.54) is 5.69 Å². The molecule has 3 heterocycles. The molecule has 2 aromatic heterocycles. The summed E-state index contributed by atoms with van der Waals surface area (Å²) in [5.41, 5.74) is 6.20. The summed E-state index contributed by atoms with van der Waals surface area (Å²) in [6.07, 6.45) is 5.98. The van der Waals surface area contributed by atoms with Crippen molar-refractivity contribution in [2.75, 3.05) is 49.6 Å². The summed E-state index contributed by atoms with van der Waals surface area (Å²) in [6.45, 7) is 6.37. The number of fused-ring (bicyclic) bond motifs is 1. The lowest BCUT2D eigenvalue weighted by Crippen LogP contribution is -2.46. The molecule has 35 heavy (non-hydrogen) atoms. The first-order valence-corrected chi connectivity index (χ1v) is 12.1. The highest BCUT2D eigenvalue weighted by molar-refractivity contribution is 5.83. The monoisotopic (exact) mass is 466 g/mol. The molecular weight excluding hydrogens is 436 g/mol. The third-order valence-electron chi connectivity index (χ3n) is 6.70. The van der Waals surface area contributed by atoms with E-state index in [1.807, 2.05) is 50.8 Å². The van der Waals surface area contributed by atoms with Gasteiger partial charge in [0.2, 0.25) is 5.91 Å². The molecule has 1 amide bonds. The van der Waals surface area contributed by atoms with E-state index in [0.717, 1.165) is 66.3 Å². The first-order chi connectivity index (χ1) is 17.1. The molecule has 2 aromatic carbocycles. The lowest BCUT2D eigenvalue weighted by molar-refractivity contribution is -0.128. The van der Waals surface area contributed by atoms with E-state index in [1.54, 1.807) is 4.90 Å². The van der Waals surface area contributed by atoms with E-state index < -0.39 is 0 Å². The van der Waals surface area contributed by atoms with Crippen LogP contribution in [-0.2, 0) is 11.2 Å². The molecule has 0 saturated carbocycles. The van der Waals surface area contributed by atoms with Crippen LogP contribution < -0.4 is 9.80 Å². The number of pyridine rings is 1. The highest BCUT2D eigenvalue weighted by Crippen LogP contribution is 2.25. The van der Waals surface area contributed by atoms with E-state index >= 15 is 0 Å². The van der Waals surface area contributed by atoms with Crippen LogP contribution in [0.2, 0.25) is 0 Å². The van der Waals surface area contributed by atoms with E-state index in [9.17, 15) is 4.79 Å². The lowest BCUT2D eigenvalue weighted by atomic mass is 10.0. The predicted molar refractivity (Wildman–Crippen MR) is 141 cm³/mol. The Kier molecular flexibility index (Phi) is 6.57. The average molecular weight is 467 g/mol. The fourth-order valence-electron chi connectivity index (χ4n) is 4.38. The van der Waals surface area contributed by atoms with Crippen molar-refractivity contribution in [1.82, 2.24) is 19.9 Å². The van der Waals surface area contributed by atoms with E-state index in [-0.39, 0.29) is 5.91 Å². The molecule has 0 atom stereocenters. The van der Waals surface area contributed by atoms with Gasteiger partial charge in [-0.25, -0.2) is 4.98 Å². The van der Waals surface area contributed by atoms with Gasteiger partial charge in [-0.1, -0.05) is 30.3 Å². The third kappa shape index (κ3) is 5.09. The highest BCUT2D eigenvalue weighted by atomic mass is 16.2. The topological polar surface area (TPSA) is 65.5 Å². The molecule has 0 unspecified atom stereocenters. The van der Waals surface area contributed by atoms with Crippen molar-refractivity contribution in [2.24, 2.45) is 0 Å². The van der Waals surface area contributed by atoms with Gasteiger partial charge in [0, 0.05) is 57.9 Å². The van der Waals surface area contributed by atoms with Gasteiger partial charge in [-0.2, -0.15) is 0 Å². The molecule has 0 aliphatic carbocycles. The summed E-state index contributed by atoms with van der Waals surface area (Å²) in [7, 11) is 1.84. The van der Waals surface area contributed by atoms with Crippen molar-refractivity contribution in [3.05, 3.63) is 78.8 Å². The van der Waals surface area contributed by atoms with E-state index in [0.29, 0.717) is 6.42 Å². The molecule has 0 N–H and O–H groups in total. The summed E-state index contributed by atoms with van der Waals surface area (Å²) >= 11 is 0. The second-order valence-electron chi connectivity index (χ2n) is 8.89. The molecule has 1 fully saturated rings. The lowest BCUT2D eigenvalue weighted by Gasteiger charge is -2.36. The SMILES string of the molecule is CCN(C)C(=O)Cc1ccc(-c2ccc3ncc(N4CCN(c5ccncc5)CC4)nc3c2)cc1. The first-order valence-electron chi connectivity index (χ1n) is 12.1. The normalized spacial score (nSPS) is 13.8. The molecule has 7 heteroatoms. The van der Waals surface area contributed by atoms with Crippen molar-refractivity contribution in [2.45, 2.75) is 13.3 Å². The number of piperazine rings is 1. The minimum atomic E-state index is 0.135. The number of nitrogens with zero attached hydrogens (tertiary/aromatic N) is 6. The van der Waals surface area contributed by atoms with Crippen LogP contribution in [0.3, 0.4) is 0 Å². The van der Waals surface area contributed by atoms with E-state index in [2.05, 4.69) is 56.2 Å². The van der Waals surface area contributed by atoms with Crippen molar-refractivity contribution >= 4 is 28.4 Å². The summed E-state index contributed by atoms with van der Waals surface area (Å²) in [6, 6.07) is 18.5. The number of benzene rings is 2.